The summed E-state index contributed by atoms with van der Waals surface area (Å²) < 4.78 is 9.59. The van der Waals surface area contributed by atoms with Gasteiger partial charge in [-0.2, -0.15) is 4.58 Å². The van der Waals surface area contributed by atoms with E-state index in [1.165, 1.54) is 33.9 Å². The number of rotatable bonds is 19. The molecule has 66 heavy (non-hydrogen) atoms. The minimum atomic E-state index is -0.196. The first-order valence-electron chi connectivity index (χ1n) is 23.5. The van der Waals surface area contributed by atoms with Gasteiger partial charge in [-0.25, -0.2) is 0 Å². The Balaban J connectivity index is 0.855. The predicted molar refractivity (Wildman–Crippen MR) is 270 cm³/mol. The molecule has 0 saturated heterocycles. The number of carbonyl (C=O) groups excluding carboxylic acids is 3. The van der Waals surface area contributed by atoms with Gasteiger partial charge in [-0.3, -0.25) is 19.0 Å². The van der Waals surface area contributed by atoms with Crippen molar-refractivity contribution in [2.45, 2.75) is 97.3 Å². The summed E-state index contributed by atoms with van der Waals surface area (Å²) in [5.74, 6) is 0.381. The Hall–Kier alpha value is -6.19. The topological polar surface area (TPSA) is 95.7 Å². The number of allylic oxidation sites excluding steroid dienone is 6. The van der Waals surface area contributed by atoms with E-state index in [4.69, 9.17) is 16.3 Å². The van der Waals surface area contributed by atoms with Gasteiger partial charge in [0.1, 0.15) is 12.3 Å². The van der Waals surface area contributed by atoms with Crippen LogP contribution in [0.3, 0.4) is 0 Å². The second-order valence-electron chi connectivity index (χ2n) is 18.4. The van der Waals surface area contributed by atoms with Gasteiger partial charge in [0.2, 0.25) is 17.5 Å². The molecule has 2 aliphatic heterocycles. The number of nitrogens with one attached hydrogen (secondary N) is 2. The molecule has 4 aromatic carbocycles. The molecule has 9 nitrogen and oxygen atoms in total. The van der Waals surface area contributed by atoms with Gasteiger partial charge in [-0.05, 0) is 119 Å². The lowest BCUT2D eigenvalue weighted by Crippen LogP contribution is -2.28. The largest absolute Gasteiger partial charge is 0.497 e. The number of benzene rings is 4. The molecule has 10 heteroatoms. The van der Waals surface area contributed by atoms with E-state index >= 15 is 0 Å². The van der Waals surface area contributed by atoms with E-state index in [9.17, 15) is 14.4 Å². The number of nitrogens with zero attached hydrogens (tertiary/aromatic N) is 3. The zero-order valence-corrected chi connectivity index (χ0v) is 40.4. The highest BCUT2D eigenvalue weighted by atomic mass is 35.5. The van der Waals surface area contributed by atoms with Crippen LogP contribution in [0.2, 0.25) is 5.02 Å². The minimum absolute atomic E-state index is 0.0576. The first-order chi connectivity index (χ1) is 31.8. The van der Waals surface area contributed by atoms with Crippen LogP contribution >= 0.6 is 11.6 Å². The van der Waals surface area contributed by atoms with Gasteiger partial charge < -0.3 is 20.3 Å². The monoisotopic (exact) mass is 906 g/mol. The van der Waals surface area contributed by atoms with Crippen LogP contribution in [-0.2, 0) is 26.8 Å². The Bertz CT molecular complexity index is 2720. The van der Waals surface area contributed by atoms with E-state index < -0.39 is 0 Å². The highest BCUT2D eigenvalue weighted by Crippen LogP contribution is 2.47. The molecular formula is C56H65ClN5O4+. The zero-order chi connectivity index (χ0) is 47.0. The van der Waals surface area contributed by atoms with Crippen molar-refractivity contribution in [3.8, 4) is 5.75 Å². The first-order valence-corrected chi connectivity index (χ1v) is 23.8. The van der Waals surface area contributed by atoms with Crippen LogP contribution in [0.5, 0.6) is 5.75 Å². The maximum Gasteiger partial charge on any atom is 0.262 e. The van der Waals surface area contributed by atoms with Crippen LogP contribution in [0.4, 0.5) is 11.4 Å². The molecule has 2 N–H and O–H groups in total. The van der Waals surface area contributed by atoms with Gasteiger partial charge in [0, 0.05) is 88.6 Å². The fraction of sp³-hybridized carbons (Fsp3) is 0.357. The third kappa shape index (κ3) is 10.1. The first kappa shape index (κ1) is 47.8. The summed E-state index contributed by atoms with van der Waals surface area (Å²) in [6.45, 7) is 16.2. The highest BCUT2D eigenvalue weighted by molar-refractivity contribution is 6.30. The average Bonchev–Trinajstić information content (AvgIpc) is 3.80. The van der Waals surface area contributed by atoms with Crippen LogP contribution in [0.25, 0.3) is 10.9 Å². The standard InChI is InChI=1S/C56H64ClN5O4/c1-8-60-48-23-16-14-21-45(48)55(3,4)50(60)25-11-9-12-26-51-56(5,6)46-22-15-17-24-49(46)61(51)36-20-10-13-27-52(63)58-34-18-19-35-59-53(64)38-43-39(2)62(47-33-32-42(66-7)37-44(43)47)54(65)40-28-30-41(57)31-29-40/h9,11-12,14-17,21-26,28-33,37H,8,10,13,18-20,27,34-36,38H2,1-7H3,(H-,58,59,63,64)/p+1. The number of likely N-dealkylation sites (N-methyl/N-ethyl adjacent to an activating group) is 1. The van der Waals surface area contributed by atoms with Crippen molar-refractivity contribution in [2.75, 3.05) is 38.2 Å². The SMILES string of the molecule is CCN1/C(=C/C=C/C=C/C2=[N+](CCCCCC(=O)NCCCCNC(=O)Cc3c(C)n(C(=O)c4ccc(Cl)cc4)c4ccc(OC)cc34)c3ccccc3C2(C)C)C(C)(C)c2ccccc21. The van der Waals surface area contributed by atoms with E-state index in [-0.39, 0.29) is 35.0 Å². The van der Waals surface area contributed by atoms with Crippen LogP contribution in [0.15, 0.2) is 127 Å². The second kappa shape index (κ2) is 21.0. The number of unbranched alkanes of at least 4 members (excludes halogenated alkanes) is 3. The quantitative estimate of drug-likeness (QED) is 0.0489. The number of hydrogen-bond donors (Lipinski definition) is 2. The van der Waals surface area contributed by atoms with E-state index in [1.807, 2.05) is 25.1 Å². The van der Waals surface area contributed by atoms with E-state index in [0.717, 1.165) is 56.1 Å². The number of ether oxygens (including phenoxy) is 1. The lowest BCUT2D eigenvalue weighted by molar-refractivity contribution is -0.438. The minimum Gasteiger partial charge on any atom is -0.497 e. The van der Waals surface area contributed by atoms with Crippen molar-refractivity contribution in [1.82, 2.24) is 15.2 Å². The molecular weight excluding hydrogens is 842 g/mol. The molecule has 0 saturated carbocycles. The molecule has 0 radical (unpaired) electrons. The smallest absolute Gasteiger partial charge is 0.262 e. The molecule has 0 aliphatic carbocycles. The molecule has 7 rings (SSSR count). The molecule has 3 heterocycles. The lowest BCUT2D eigenvalue weighted by atomic mass is 9.81. The Morgan fingerprint density at radius 3 is 2.20 bits per heavy atom. The summed E-state index contributed by atoms with van der Waals surface area (Å²) in [5, 5.41) is 7.44. The number of anilines is 1. The van der Waals surface area contributed by atoms with Gasteiger partial charge in [-0.15, -0.1) is 0 Å². The fourth-order valence-corrected chi connectivity index (χ4v) is 9.89. The Kier molecular flexibility index (Phi) is 15.2. The van der Waals surface area contributed by atoms with Crippen molar-refractivity contribution in [3.63, 3.8) is 0 Å². The van der Waals surface area contributed by atoms with Crippen LogP contribution in [0, 0.1) is 6.92 Å². The summed E-state index contributed by atoms with van der Waals surface area (Å²) in [4.78, 5) is 42.0. The van der Waals surface area contributed by atoms with Crippen molar-refractivity contribution in [1.29, 1.82) is 0 Å². The summed E-state index contributed by atoms with van der Waals surface area (Å²) in [6, 6.07) is 29.8. The second-order valence-corrected chi connectivity index (χ2v) is 18.8. The van der Waals surface area contributed by atoms with Crippen molar-refractivity contribution >= 4 is 57.3 Å². The zero-order valence-electron chi connectivity index (χ0n) is 39.7. The number of halogens is 1. The number of carbonyl (C=O) groups is 3. The number of fused-ring (bicyclic) bond motifs is 3. The number of methoxy groups -OCH3 is 1. The van der Waals surface area contributed by atoms with E-state index in [0.29, 0.717) is 47.1 Å². The maximum absolute atomic E-state index is 13.6. The number of hydrogen-bond acceptors (Lipinski definition) is 5. The number of aromatic nitrogens is 1. The normalized spacial score (nSPS) is 15.6. The van der Waals surface area contributed by atoms with Gasteiger partial charge >= 0.3 is 0 Å². The van der Waals surface area contributed by atoms with Gasteiger partial charge in [0.05, 0.1) is 24.5 Å². The Labute approximate surface area is 395 Å². The van der Waals surface area contributed by atoms with Crippen molar-refractivity contribution in [3.05, 3.63) is 160 Å². The van der Waals surface area contributed by atoms with Crippen LogP contribution < -0.4 is 20.3 Å². The number of para-hydroxylation sites is 2. The third-order valence-electron chi connectivity index (χ3n) is 13.4. The molecule has 0 spiro atoms. The summed E-state index contributed by atoms with van der Waals surface area (Å²) in [7, 11) is 1.59. The fourth-order valence-electron chi connectivity index (χ4n) is 9.77. The molecule has 5 aromatic rings. The summed E-state index contributed by atoms with van der Waals surface area (Å²) >= 11 is 6.07. The molecule has 0 fully saturated rings. The molecule has 0 bridgehead atoms. The van der Waals surface area contributed by atoms with Crippen LogP contribution in [0.1, 0.15) is 106 Å². The molecule has 2 aliphatic rings. The molecule has 344 valence electrons. The molecule has 1 aromatic heterocycles. The maximum atomic E-state index is 13.6. The molecule has 2 amide bonds. The van der Waals surface area contributed by atoms with E-state index in [1.54, 1.807) is 35.9 Å². The number of amides is 2. The average molecular weight is 908 g/mol. The summed E-state index contributed by atoms with van der Waals surface area (Å²) in [5.41, 5.74) is 10.4. The Morgan fingerprint density at radius 2 is 1.47 bits per heavy atom. The van der Waals surface area contributed by atoms with Crippen molar-refractivity contribution in [2.24, 2.45) is 0 Å². The molecule has 0 unspecified atom stereocenters. The predicted octanol–water partition coefficient (Wildman–Crippen LogP) is 11.3. The highest BCUT2D eigenvalue weighted by Gasteiger charge is 2.44. The van der Waals surface area contributed by atoms with Crippen molar-refractivity contribution < 1.29 is 23.7 Å². The Morgan fingerprint density at radius 1 is 0.773 bits per heavy atom. The summed E-state index contributed by atoms with van der Waals surface area (Å²) in [6.07, 6.45) is 15.9. The third-order valence-corrected chi connectivity index (χ3v) is 13.6. The van der Waals surface area contributed by atoms with Crippen LogP contribution in [-0.4, -0.2) is 65.9 Å². The van der Waals surface area contributed by atoms with Gasteiger partial charge in [0.15, 0.2) is 5.71 Å². The van der Waals surface area contributed by atoms with E-state index in [2.05, 4.69) is 134 Å². The molecule has 0 atom stereocenters. The van der Waals surface area contributed by atoms with Gasteiger partial charge in [-0.1, -0.05) is 80.1 Å². The van der Waals surface area contributed by atoms with Gasteiger partial charge in [0.25, 0.3) is 5.91 Å². The lowest BCUT2D eigenvalue weighted by Gasteiger charge is -2.25.